The summed E-state index contributed by atoms with van der Waals surface area (Å²) in [5, 5.41) is 2.54. The van der Waals surface area contributed by atoms with Gasteiger partial charge in [0, 0.05) is 6.04 Å². The highest BCUT2D eigenvalue weighted by Crippen LogP contribution is 1.92. The van der Waals surface area contributed by atoms with Gasteiger partial charge in [0.2, 0.25) is 5.91 Å². The van der Waals surface area contributed by atoms with Crippen molar-refractivity contribution in [2.24, 2.45) is 0 Å². The third kappa shape index (κ3) is 4.49. The molecule has 4 heteroatoms. The van der Waals surface area contributed by atoms with Gasteiger partial charge >= 0.3 is 5.97 Å². The maximum atomic E-state index is 10.7. The average molecular weight is 171 g/mol. The first-order valence-electron chi connectivity index (χ1n) is 3.60. The number of carbonyl (C=O) groups is 2. The van der Waals surface area contributed by atoms with E-state index in [1.54, 1.807) is 6.92 Å². The number of esters is 1. The van der Waals surface area contributed by atoms with Crippen LogP contribution in [0.15, 0.2) is 12.7 Å². The van der Waals surface area contributed by atoms with E-state index in [0.29, 0.717) is 0 Å². The summed E-state index contributed by atoms with van der Waals surface area (Å²) in [5.74, 6) is -0.627. The van der Waals surface area contributed by atoms with E-state index < -0.39 is 0 Å². The Balaban J connectivity index is 3.73. The zero-order valence-corrected chi connectivity index (χ0v) is 7.29. The standard InChI is InChI=1S/C8H13NO3/c1-4-7(10)9-6(2)5-8(11)12-3/h4,6H,1,5H2,2-3H3,(H,9,10). The Labute approximate surface area is 71.6 Å². The Kier molecular flexibility index (Phi) is 4.76. The van der Waals surface area contributed by atoms with Crippen LogP contribution in [-0.4, -0.2) is 25.0 Å². The van der Waals surface area contributed by atoms with E-state index in [2.05, 4.69) is 16.6 Å². The van der Waals surface area contributed by atoms with Gasteiger partial charge in [-0.15, -0.1) is 0 Å². The highest BCUT2D eigenvalue weighted by Gasteiger charge is 2.09. The summed E-state index contributed by atoms with van der Waals surface area (Å²) >= 11 is 0. The van der Waals surface area contributed by atoms with Gasteiger partial charge in [-0.05, 0) is 13.0 Å². The van der Waals surface area contributed by atoms with Crippen molar-refractivity contribution in [3.63, 3.8) is 0 Å². The lowest BCUT2D eigenvalue weighted by Gasteiger charge is -2.09. The molecular formula is C8H13NO3. The number of hydrogen-bond acceptors (Lipinski definition) is 3. The van der Waals surface area contributed by atoms with Crippen molar-refractivity contribution in [2.45, 2.75) is 19.4 Å². The molecule has 0 aliphatic rings. The van der Waals surface area contributed by atoms with E-state index in [1.807, 2.05) is 0 Å². The van der Waals surface area contributed by atoms with E-state index in [9.17, 15) is 9.59 Å². The number of amides is 1. The second-order valence-corrected chi connectivity index (χ2v) is 2.39. The minimum absolute atomic E-state index is 0.177. The first kappa shape index (κ1) is 10.7. The molecule has 1 unspecified atom stereocenters. The monoisotopic (exact) mass is 171 g/mol. The maximum absolute atomic E-state index is 10.7. The summed E-state index contributed by atoms with van der Waals surface area (Å²) in [4.78, 5) is 21.4. The zero-order valence-electron chi connectivity index (χ0n) is 7.29. The molecule has 0 spiro atoms. The molecule has 0 aromatic rings. The molecule has 1 amide bonds. The number of rotatable bonds is 4. The van der Waals surface area contributed by atoms with E-state index in [0.717, 1.165) is 6.08 Å². The molecule has 1 N–H and O–H groups in total. The van der Waals surface area contributed by atoms with Gasteiger partial charge < -0.3 is 10.1 Å². The van der Waals surface area contributed by atoms with Crippen LogP contribution >= 0.6 is 0 Å². The lowest BCUT2D eigenvalue weighted by molar-refractivity contribution is -0.141. The molecule has 0 aliphatic carbocycles. The molecule has 4 nitrogen and oxygen atoms in total. The van der Waals surface area contributed by atoms with Gasteiger partial charge in [0.05, 0.1) is 13.5 Å². The summed E-state index contributed by atoms with van der Waals surface area (Å²) in [6, 6.07) is -0.219. The van der Waals surface area contributed by atoms with Crippen molar-refractivity contribution >= 4 is 11.9 Å². The fourth-order valence-electron chi connectivity index (χ4n) is 0.686. The molecule has 12 heavy (non-hydrogen) atoms. The molecule has 0 aliphatic heterocycles. The van der Waals surface area contributed by atoms with Gasteiger partial charge in [0.1, 0.15) is 0 Å². The van der Waals surface area contributed by atoms with E-state index in [4.69, 9.17) is 0 Å². The minimum Gasteiger partial charge on any atom is -0.469 e. The molecule has 0 radical (unpaired) electrons. The molecule has 1 atom stereocenters. The van der Waals surface area contributed by atoms with Gasteiger partial charge in [0.25, 0.3) is 0 Å². The second kappa shape index (κ2) is 5.35. The molecule has 0 aromatic heterocycles. The summed E-state index contributed by atoms with van der Waals surface area (Å²) in [6.07, 6.45) is 1.34. The highest BCUT2D eigenvalue weighted by atomic mass is 16.5. The van der Waals surface area contributed by atoms with Crippen molar-refractivity contribution in [2.75, 3.05) is 7.11 Å². The molecular weight excluding hydrogens is 158 g/mol. The number of nitrogens with one attached hydrogen (secondary N) is 1. The topological polar surface area (TPSA) is 55.4 Å². The summed E-state index contributed by atoms with van der Waals surface area (Å²) in [6.45, 7) is 5.01. The Bertz CT molecular complexity index is 189. The Morgan fingerprint density at radius 2 is 2.25 bits per heavy atom. The zero-order chi connectivity index (χ0) is 9.56. The maximum Gasteiger partial charge on any atom is 0.307 e. The number of methoxy groups -OCH3 is 1. The molecule has 68 valence electrons. The third-order valence-corrected chi connectivity index (χ3v) is 1.27. The lowest BCUT2D eigenvalue weighted by atomic mass is 10.2. The van der Waals surface area contributed by atoms with Crippen LogP contribution in [0.4, 0.5) is 0 Å². The Hall–Kier alpha value is -1.32. The van der Waals surface area contributed by atoms with Gasteiger partial charge in [-0.1, -0.05) is 6.58 Å². The van der Waals surface area contributed by atoms with Crippen LogP contribution in [-0.2, 0) is 14.3 Å². The van der Waals surface area contributed by atoms with Crippen molar-refractivity contribution < 1.29 is 14.3 Å². The number of hydrogen-bond donors (Lipinski definition) is 1. The van der Waals surface area contributed by atoms with Crippen LogP contribution in [0.5, 0.6) is 0 Å². The molecule has 0 heterocycles. The Morgan fingerprint density at radius 3 is 2.67 bits per heavy atom. The quantitative estimate of drug-likeness (QED) is 0.487. The van der Waals surface area contributed by atoms with Crippen LogP contribution < -0.4 is 5.32 Å². The molecule has 0 saturated carbocycles. The van der Waals surface area contributed by atoms with Gasteiger partial charge in [-0.3, -0.25) is 9.59 Å². The van der Waals surface area contributed by atoms with Crippen LogP contribution in [0.25, 0.3) is 0 Å². The molecule has 0 rings (SSSR count). The van der Waals surface area contributed by atoms with E-state index >= 15 is 0 Å². The van der Waals surface area contributed by atoms with Crippen molar-refractivity contribution in [3.8, 4) is 0 Å². The van der Waals surface area contributed by atoms with Crippen LogP contribution in [0.3, 0.4) is 0 Å². The predicted molar refractivity (Wildman–Crippen MR) is 44.4 cm³/mol. The second-order valence-electron chi connectivity index (χ2n) is 2.39. The predicted octanol–water partition coefficient (Wildman–Crippen LogP) is 0.240. The third-order valence-electron chi connectivity index (χ3n) is 1.27. The van der Waals surface area contributed by atoms with E-state index in [1.165, 1.54) is 7.11 Å². The van der Waals surface area contributed by atoms with Crippen molar-refractivity contribution in [1.29, 1.82) is 0 Å². The molecule has 0 aromatic carbocycles. The SMILES string of the molecule is C=CC(=O)NC(C)CC(=O)OC. The van der Waals surface area contributed by atoms with E-state index in [-0.39, 0.29) is 24.3 Å². The molecule has 0 bridgehead atoms. The van der Waals surface area contributed by atoms with Gasteiger partial charge in [-0.2, -0.15) is 0 Å². The van der Waals surface area contributed by atoms with Gasteiger partial charge in [-0.25, -0.2) is 0 Å². The normalized spacial score (nSPS) is 11.5. The minimum atomic E-state index is -0.341. The fraction of sp³-hybridized carbons (Fsp3) is 0.500. The molecule has 0 saturated heterocycles. The largest absolute Gasteiger partial charge is 0.469 e. The average Bonchev–Trinajstić information content (AvgIpc) is 2.03. The number of carbonyl (C=O) groups excluding carboxylic acids is 2. The summed E-state index contributed by atoms with van der Waals surface area (Å²) < 4.78 is 4.42. The summed E-state index contributed by atoms with van der Waals surface area (Å²) in [7, 11) is 1.31. The number of ether oxygens (including phenoxy) is 1. The molecule has 0 fully saturated rings. The van der Waals surface area contributed by atoms with Crippen LogP contribution in [0, 0.1) is 0 Å². The highest BCUT2D eigenvalue weighted by molar-refractivity contribution is 5.87. The Morgan fingerprint density at radius 1 is 1.67 bits per heavy atom. The fourth-order valence-corrected chi connectivity index (χ4v) is 0.686. The van der Waals surface area contributed by atoms with Crippen molar-refractivity contribution in [3.05, 3.63) is 12.7 Å². The smallest absolute Gasteiger partial charge is 0.307 e. The van der Waals surface area contributed by atoms with Crippen LogP contribution in [0.1, 0.15) is 13.3 Å². The van der Waals surface area contributed by atoms with Crippen LogP contribution in [0.2, 0.25) is 0 Å². The lowest BCUT2D eigenvalue weighted by Crippen LogP contribution is -2.33. The van der Waals surface area contributed by atoms with Crippen molar-refractivity contribution in [1.82, 2.24) is 5.32 Å². The summed E-state index contributed by atoms with van der Waals surface area (Å²) in [5.41, 5.74) is 0. The van der Waals surface area contributed by atoms with Gasteiger partial charge in [0.15, 0.2) is 0 Å². The first-order chi connectivity index (χ1) is 5.60. The first-order valence-corrected chi connectivity index (χ1v) is 3.60.